The Morgan fingerprint density at radius 1 is 1.26 bits per heavy atom. The number of fused-ring (bicyclic) bond motifs is 1. The third-order valence-electron chi connectivity index (χ3n) is 4.01. The summed E-state index contributed by atoms with van der Waals surface area (Å²) < 4.78 is 11.7. The number of guanidine groups is 1. The number of aryl methyl sites for hydroxylation is 2. The molecular formula is C19H27IN4O2S. The van der Waals surface area contributed by atoms with Crippen molar-refractivity contribution in [3.63, 3.8) is 0 Å². The van der Waals surface area contributed by atoms with Crippen LogP contribution in [0.2, 0.25) is 0 Å². The molecule has 0 bridgehead atoms. The fourth-order valence-electron chi connectivity index (χ4n) is 2.79. The quantitative estimate of drug-likeness (QED) is 0.361. The van der Waals surface area contributed by atoms with Crippen LogP contribution < -0.4 is 20.1 Å². The van der Waals surface area contributed by atoms with E-state index in [1.165, 1.54) is 4.88 Å². The number of benzene rings is 1. The van der Waals surface area contributed by atoms with E-state index in [1.54, 1.807) is 11.3 Å². The van der Waals surface area contributed by atoms with Gasteiger partial charge in [-0.1, -0.05) is 12.1 Å². The number of para-hydroxylation sites is 2. The zero-order valence-corrected chi connectivity index (χ0v) is 19.1. The normalized spacial score (nSPS) is 15.8. The standard InChI is InChI=1S/C19H26N4O2S.HI/c1-4-20-19(21-10-9-18-13(2)23-14(3)26-18)22-11-15-12-24-16-7-5-6-8-17(16)25-15;/h5-8,15H,4,9-12H2,1-3H3,(H2,20,21,22);1H. The maximum absolute atomic E-state index is 5.96. The summed E-state index contributed by atoms with van der Waals surface area (Å²) in [5.74, 6) is 2.38. The van der Waals surface area contributed by atoms with Crippen molar-refractivity contribution < 1.29 is 9.47 Å². The van der Waals surface area contributed by atoms with Crippen molar-refractivity contribution in [3.05, 3.63) is 39.8 Å². The van der Waals surface area contributed by atoms with Crippen LogP contribution in [0.3, 0.4) is 0 Å². The third-order valence-corrected chi connectivity index (χ3v) is 5.14. The lowest BCUT2D eigenvalue weighted by Gasteiger charge is -2.25. The second-order valence-electron chi connectivity index (χ2n) is 6.14. The summed E-state index contributed by atoms with van der Waals surface area (Å²) >= 11 is 1.76. The first-order valence-electron chi connectivity index (χ1n) is 8.99. The van der Waals surface area contributed by atoms with Gasteiger partial charge in [-0.15, -0.1) is 35.3 Å². The molecule has 0 radical (unpaired) electrons. The van der Waals surface area contributed by atoms with Crippen molar-refractivity contribution in [3.8, 4) is 11.5 Å². The number of thiazole rings is 1. The number of nitrogens with one attached hydrogen (secondary N) is 2. The van der Waals surface area contributed by atoms with Crippen molar-refractivity contribution in [2.75, 3.05) is 26.2 Å². The molecule has 2 N–H and O–H groups in total. The van der Waals surface area contributed by atoms with Gasteiger partial charge in [-0.25, -0.2) is 9.98 Å². The molecule has 1 unspecified atom stereocenters. The van der Waals surface area contributed by atoms with Gasteiger partial charge in [-0.05, 0) is 32.9 Å². The van der Waals surface area contributed by atoms with Gasteiger partial charge in [0, 0.05) is 24.4 Å². The van der Waals surface area contributed by atoms with E-state index in [0.29, 0.717) is 13.2 Å². The number of rotatable bonds is 6. The zero-order valence-electron chi connectivity index (χ0n) is 15.9. The number of hydrogen-bond donors (Lipinski definition) is 2. The summed E-state index contributed by atoms with van der Waals surface area (Å²) in [7, 11) is 0. The predicted octanol–water partition coefficient (Wildman–Crippen LogP) is 3.32. The van der Waals surface area contributed by atoms with Crippen molar-refractivity contribution in [1.29, 1.82) is 0 Å². The van der Waals surface area contributed by atoms with E-state index in [0.717, 1.165) is 47.7 Å². The molecule has 0 spiro atoms. The van der Waals surface area contributed by atoms with E-state index in [-0.39, 0.29) is 30.1 Å². The second-order valence-corrected chi connectivity index (χ2v) is 7.42. The maximum atomic E-state index is 5.96. The van der Waals surface area contributed by atoms with Crippen LogP contribution in [0.25, 0.3) is 0 Å². The molecule has 0 saturated carbocycles. The van der Waals surface area contributed by atoms with E-state index in [1.807, 2.05) is 31.2 Å². The van der Waals surface area contributed by atoms with Crippen molar-refractivity contribution in [2.45, 2.75) is 33.3 Å². The molecule has 3 rings (SSSR count). The fraction of sp³-hybridized carbons (Fsp3) is 0.474. The van der Waals surface area contributed by atoms with E-state index in [9.17, 15) is 0 Å². The minimum absolute atomic E-state index is 0. The molecule has 1 aromatic carbocycles. The van der Waals surface area contributed by atoms with Crippen LogP contribution in [0.5, 0.6) is 11.5 Å². The number of ether oxygens (including phenoxy) is 2. The summed E-state index contributed by atoms with van der Waals surface area (Å²) in [6, 6.07) is 7.74. The summed E-state index contributed by atoms with van der Waals surface area (Å²) in [4.78, 5) is 10.4. The second kappa shape index (κ2) is 10.7. The Morgan fingerprint density at radius 2 is 2.04 bits per heavy atom. The lowest BCUT2D eigenvalue weighted by molar-refractivity contribution is 0.0971. The summed E-state index contributed by atoms with van der Waals surface area (Å²) in [6.07, 6.45) is 0.866. The molecule has 1 atom stereocenters. The first-order chi connectivity index (χ1) is 12.7. The van der Waals surface area contributed by atoms with Crippen molar-refractivity contribution >= 4 is 41.3 Å². The van der Waals surface area contributed by atoms with E-state index in [2.05, 4.69) is 34.5 Å². The van der Waals surface area contributed by atoms with Gasteiger partial charge in [0.15, 0.2) is 23.6 Å². The van der Waals surface area contributed by atoms with E-state index >= 15 is 0 Å². The smallest absolute Gasteiger partial charge is 0.191 e. The van der Waals surface area contributed by atoms with Crippen molar-refractivity contribution in [2.24, 2.45) is 4.99 Å². The number of aliphatic imine (C=N–C) groups is 1. The largest absolute Gasteiger partial charge is 0.486 e. The lowest BCUT2D eigenvalue weighted by Crippen LogP contribution is -2.40. The van der Waals surface area contributed by atoms with E-state index in [4.69, 9.17) is 9.47 Å². The monoisotopic (exact) mass is 502 g/mol. The maximum Gasteiger partial charge on any atom is 0.191 e. The third kappa shape index (κ3) is 6.24. The zero-order chi connectivity index (χ0) is 18.4. The number of halogens is 1. The Labute approximate surface area is 181 Å². The van der Waals surface area contributed by atoms with Gasteiger partial charge in [0.2, 0.25) is 0 Å². The van der Waals surface area contributed by atoms with Gasteiger partial charge in [0.05, 0.1) is 17.2 Å². The highest BCUT2D eigenvalue weighted by Crippen LogP contribution is 2.30. The molecule has 6 nitrogen and oxygen atoms in total. The first-order valence-corrected chi connectivity index (χ1v) is 9.81. The van der Waals surface area contributed by atoms with Crippen LogP contribution in [-0.2, 0) is 6.42 Å². The number of nitrogens with zero attached hydrogens (tertiary/aromatic N) is 2. The predicted molar refractivity (Wildman–Crippen MR) is 121 cm³/mol. The van der Waals surface area contributed by atoms with Gasteiger partial charge >= 0.3 is 0 Å². The number of aromatic nitrogens is 1. The molecule has 0 amide bonds. The Morgan fingerprint density at radius 3 is 2.74 bits per heavy atom. The lowest BCUT2D eigenvalue weighted by atomic mass is 10.2. The van der Waals surface area contributed by atoms with E-state index < -0.39 is 0 Å². The molecule has 1 aromatic heterocycles. The Hall–Kier alpha value is -1.55. The molecule has 0 aliphatic carbocycles. The molecule has 2 aromatic rings. The Bertz CT molecular complexity index is 766. The van der Waals surface area contributed by atoms with Crippen LogP contribution in [0.4, 0.5) is 0 Å². The van der Waals surface area contributed by atoms with Crippen molar-refractivity contribution in [1.82, 2.24) is 15.6 Å². The van der Waals surface area contributed by atoms with Crippen LogP contribution in [-0.4, -0.2) is 43.3 Å². The van der Waals surface area contributed by atoms with Gasteiger partial charge in [0.1, 0.15) is 6.61 Å². The minimum atomic E-state index is -0.0771. The highest BCUT2D eigenvalue weighted by Gasteiger charge is 2.20. The molecule has 0 saturated heterocycles. The minimum Gasteiger partial charge on any atom is -0.486 e. The van der Waals surface area contributed by atoms with Crippen LogP contribution >= 0.6 is 35.3 Å². The highest BCUT2D eigenvalue weighted by atomic mass is 127. The first kappa shape index (κ1) is 21.7. The van der Waals surface area contributed by atoms with Crippen LogP contribution in [0.15, 0.2) is 29.3 Å². The van der Waals surface area contributed by atoms with Gasteiger partial charge in [-0.3, -0.25) is 0 Å². The SMILES string of the molecule is CCNC(=NCC1COc2ccccc2O1)NCCc1sc(C)nc1C.I. The number of hydrogen-bond acceptors (Lipinski definition) is 5. The molecular weight excluding hydrogens is 475 g/mol. The Kier molecular flexibility index (Phi) is 8.62. The topological polar surface area (TPSA) is 67.8 Å². The molecule has 1 aliphatic heterocycles. The molecule has 2 heterocycles. The average molecular weight is 502 g/mol. The molecule has 8 heteroatoms. The molecule has 148 valence electrons. The van der Waals surface area contributed by atoms with Gasteiger partial charge < -0.3 is 20.1 Å². The molecule has 0 fully saturated rings. The Balaban J connectivity index is 0.00000261. The van der Waals surface area contributed by atoms with Gasteiger partial charge in [-0.2, -0.15) is 0 Å². The summed E-state index contributed by atoms with van der Waals surface area (Å²) in [5.41, 5.74) is 1.13. The fourth-order valence-corrected chi connectivity index (χ4v) is 3.72. The average Bonchev–Trinajstić information content (AvgIpc) is 2.96. The van der Waals surface area contributed by atoms with Gasteiger partial charge in [0.25, 0.3) is 0 Å². The van der Waals surface area contributed by atoms with Crippen LogP contribution in [0.1, 0.15) is 22.5 Å². The summed E-state index contributed by atoms with van der Waals surface area (Å²) in [6.45, 7) is 8.86. The molecule has 1 aliphatic rings. The van der Waals surface area contributed by atoms with Crippen LogP contribution in [0, 0.1) is 13.8 Å². The highest BCUT2D eigenvalue weighted by molar-refractivity contribution is 14.0. The summed E-state index contributed by atoms with van der Waals surface area (Å²) in [5, 5.41) is 7.78. The molecule has 27 heavy (non-hydrogen) atoms.